The second kappa shape index (κ2) is 7.32. The fourth-order valence-corrected chi connectivity index (χ4v) is 3.20. The predicted molar refractivity (Wildman–Crippen MR) is 89.9 cm³/mol. The first kappa shape index (κ1) is 18.1. The lowest BCUT2D eigenvalue weighted by Gasteiger charge is -2.22. The molecule has 4 nitrogen and oxygen atoms in total. The highest BCUT2D eigenvalue weighted by molar-refractivity contribution is 8.00. The number of nitrogens with one attached hydrogen (secondary N) is 1. The molecule has 0 spiro atoms. The van der Waals surface area contributed by atoms with E-state index < -0.39 is 10.0 Å². The van der Waals surface area contributed by atoms with Gasteiger partial charge < -0.3 is 5.73 Å². The molecule has 0 bridgehead atoms. The Balaban J connectivity index is 3.14. The summed E-state index contributed by atoms with van der Waals surface area (Å²) in [5.74, 6) is 5.54. The number of rotatable bonds is 5. The summed E-state index contributed by atoms with van der Waals surface area (Å²) in [7, 11) is -3.59. The van der Waals surface area contributed by atoms with Crippen molar-refractivity contribution >= 4 is 21.8 Å². The highest BCUT2D eigenvalue weighted by Gasteiger charge is 2.23. The summed E-state index contributed by atoms with van der Waals surface area (Å²) >= 11 is 1.61. The van der Waals surface area contributed by atoms with Crippen LogP contribution in [0.25, 0.3) is 0 Å². The van der Waals surface area contributed by atoms with Crippen molar-refractivity contribution in [1.82, 2.24) is 4.72 Å². The van der Waals surface area contributed by atoms with Gasteiger partial charge in [-0.3, -0.25) is 0 Å². The van der Waals surface area contributed by atoms with Crippen LogP contribution in [0.1, 0.15) is 25.0 Å². The monoisotopic (exact) mass is 326 g/mol. The number of sulfonamides is 1. The molecule has 0 saturated heterocycles. The lowest BCUT2D eigenvalue weighted by molar-refractivity contribution is 0.570. The first-order valence-corrected chi connectivity index (χ1v) is 9.27. The second-order valence-corrected chi connectivity index (χ2v) is 8.54. The maximum Gasteiger partial charge on any atom is 0.241 e. The van der Waals surface area contributed by atoms with Crippen molar-refractivity contribution in [3.63, 3.8) is 0 Å². The minimum absolute atomic E-state index is 0.166. The number of benzene rings is 1. The molecule has 21 heavy (non-hydrogen) atoms. The highest BCUT2D eigenvalue weighted by atomic mass is 32.2. The van der Waals surface area contributed by atoms with Crippen LogP contribution in [0, 0.1) is 18.8 Å². The molecule has 0 radical (unpaired) electrons. The van der Waals surface area contributed by atoms with Gasteiger partial charge in [-0.1, -0.05) is 17.9 Å². The van der Waals surface area contributed by atoms with Gasteiger partial charge >= 0.3 is 0 Å². The predicted octanol–water partition coefficient (Wildman–Crippen LogP) is 1.73. The molecule has 0 aliphatic carbocycles. The smallest absolute Gasteiger partial charge is 0.241 e. The first-order chi connectivity index (χ1) is 9.72. The average molecular weight is 326 g/mol. The van der Waals surface area contributed by atoms with E-state index in [1.54, 1.807) is 30.0 Å². The molecule has 116 valence electrons. The summed E-state index contributed by atoms with van der Waals surface area (Å²) in [5.41, 5.74) is 6.81. The number of hydrogen-bond donors (Lipinski definition) is 2. The fourth-order valence-electron chi connectivity index (χ4n) is 1.54. The normalized spacial score (nSPS) is 11.9. The summed E-state index contributed by atoms with van der Waals surface area (Å²) in [6, 6.07) is 5.11. The Morgan fingerprint density at radius 3 is 2.62 bits per heavy atom. The van der Waals surface area contributed by atoms with Gasteiger partial charge in [0.2, 0.25) is 10.0 Å². The van der Waals surface area contributed by atoms with Crippen molar-refractivity contribution < 1.29 is 8.42 Å². The third-order valence-corrected chi connectivity index (χ3v) is 5.70. The Hall–Kier alpha value is -1.00. The van der Waals surface area contributed by atoms with Gasteiger partial charge in [-0.25, -0.2) is 13.1 Å². The van der Waals surface area contributed by atoms with Crippen molar-refractivity contribution in [2.75, 3.05) is 19.3 Å². The lowest BCUT2D eigenvalue weighted by atomic mass is 10.1. The first-order valence-electron chi connectivity index (χ1n) is 6.56. The molecule has 0 aliphatic rings. The van der Waals surface area contributed by atoms with Gasteiger partial charge in [0.15, 0.2) is 0 Å². The Labute approximate surface area is 131 Å². The Morgan fingerprint density at radius 1 is 1.38 bits per heavy atom. The maximum atomic E-state index is 12.5. The SMILES string of the molecule is CSC(C)(C)CNS(=O)(=O)c1ccc(C)cc1C#CCN. The van der Waals surface area contributed by atoms with Crippen LogP contribution in [0.5, 0.6) is 0 Å². The Bertz CT molecular complexity index is 656. The molecule has 0 heterocycles. The van der Waals surface area contributed by atoms with E-state index >= 15 is 0 Å². The minimum Gasteiger partial charge on any atom is -0.320 e. The van der Waals surface area contributed by atoms with Gasteiger partial charge in [-0.15, -0.1) is 0 Å². The molecule has 0 atom stereocenters. The molecule has 3 N–H and O–H groups in total. The van der Waals surface area contributed by atoms with E-state index in [9.17, 15) is 8.42 Å². The molecule has 0 aromatic heterocycles. The van der Waals surface area contributed by atoms with Gasteiger partial charge in [0.1, 0.15) is 0 Å². The number of aryl methyl sites for hydroxylation is 1. The molecular formula is C15H22N2O2S2. The van der Waals surface area contributed by atoms with Gasteiger partial charge in [-0.2, -0.15) is 11.8 Å². The van der Waals surface area contributed by atoms with Crippen LogP contribution < -0.4 is 10.5 Å². The standard InChI is InChI=1S/C15H22N2O2S2/c1-12-7-8-14(13(10-12)6-5-9-16)21(18,19)17-11-15(2,3)20-4/h7-8,10,17H,9,11,16H2,1-4H3. The van der Waals surface area contributed by atoms with Crippen LogP contribution in [-0.2, 0) is 10.0 Å². The number of hydrogen-bond acceptors (Lipinski definition) is 4. The van der Waals surface area contributed by atoms with Crippen LogP contribution in [0.4, 0.5) is 0 Å². The lowest BCUT2D eigenvalue weighted by Crippen LogP contribution is -2.36. The largest absolute Gasteiger partial charge is 0.320 e. The summed E-state index contributed by atoms with van der Waals surface area (Å²) in [4.78, 5) is 0.200. The molecule has 0 aliphatic heterocycles. The topological polar surface area (TPSA) is 72.2 Å². The van der Waals surface area contributed by atoms with Crippen molar-refractivity contribution in [2.24, 2.45) is 5.73 Å². The number of nitrogens with two attached hydrogens (primary N) is 1. The fraction of sp³-hybridized carbons (Fsp3) is 0.467. The van der Waals surface area contributed by atoms with Gasteiger partial charge in [0.25, 0.3) is 0 Å². The zero-order chi connectivity index (χ0) is 16.1. The molecule has 1 aromatic carbocycles. The van der Waals surface area contributed by atoms with E-state index in [1.165, 1.54) is 0 Å². The Morgan fingerprint density at radius 2 is 2.05 bits per heavy atom. The van der Waals surface area contributed by atoms with Crippen LogP contribution in [0.3, 0.4) is 0 Å². The Kier molecular flexibility index (Phi) is 6.29. The molecule has 1 rings (SSSR count). The molecule has 0 fully saturated rings. The molecule has 0 amide bonds. The molecular weight excluding hydrogens is 304 g/mol. The van der Waals surface area contributed by atoms with Crippen LogP contribution >= 0.6 is 11.8 Å². The summed E-state index contributed by atoms with van der Waals surface area (Å²) in [6.07, 6.45) is 1.96. The second-order valence-electron chi connectivity index (χ2n) is 5.29. The van der Waals surface area contributed by atoms with Crippen molar-refractivity contribution in [3.8, 4) is 11.8 Å². The zero-order valence-electron chi connectivity index (χ0n) is 12.9. The molecule has 0 unspecified atom stereocenters. The van der Waals surface area contributed by atoms with Crippen LogP contribution in [0.2, 0.25) is 0 Å². The zero-order valence-corrected chi connectivity index (χ0v) is 14.5. The summed E-state index contributed by atoms with van der Waals surface area (Å²) in [6.45, 7) is 6.43. The van der Waals surface area contributed by atoms with Gasteiger partial charge in [0, 0.05) is 16.9 Å². The van der Waals surface area contributed by atoms with E-state index in [0.29, 0.717) is 12.1 Å². The van der Waals surface area contributed by atoms with Gasteiger partial charge in [0.05, 0.1) is 11.4 Å². The summed E-state index contributed by atoms with van der Waals surface area (Å²) < 4.78 is 27.4. The third kappa shape index (κ3) is 5.36. The van der Waals surface area contributed by atoms with Crippen molar-refractivity contribution in [2.45, 2.75) is 30.4 Å². The quantitative estimate of drug-likeness (QED) is 0.808. The van der Waals surface area contributed by atoms with Crippen molar-refractivity contribution in [1.29, 1.82) is 0 Å². The van der Waals surface area contributed by atoms with E-state index in [4.69, 9.17) is 5.73 Å². The number of thioether (sulfide) groups is 1. The van der Waals surface area contributed by atoms with E-state index in [-0.39, 0.29) is 16.2 Å². The third-order valence-electron chi connectivity index (χ3n) is 2.99. The van der Waals surface area contributed by atoms with E-state index in [2.05, 4.69) is 16.6 Å². The maximum absolute atomic E-state index is 12.5. The van der Waals surface area contributed by atoms with Crippen molar-refractivity contribution in [3.05, 3.63) is 29.3 Å². The van der Waals surface area contributed by atoms with Crippen LogP contribution in [0.15, 0.2) is 23.1 Å². The molecule has 0 saturated carbocycles. The van der Waals surface area contributed by atoms with Gasteiger partial charge in [-0.05, 0) is 44.7 Å². The summed E-state index contributed by atoms with van der Waals surface area (Å²) in [5, 5.41) is 0. The van der Waals surface area contributed by atoms with E-state index in [0.717, 1.165) is 5.56 Å². The highest BCUT2D eigenvalue weighted by Crippen LogP contribution is 2.22. The average Bonchev–Trinajstić information content (AvgIpc) is 2.43. The van der Waals surface area contributed by atoms with Crippen LogP contribution in [-0.4, -0.2) is 32.5 Å². The minimum atomic E-state index is -3.59. The molecule has 6 heteroatoms. The van der Waals surface area contributed by atoms with E-state index in [1.807, 2.05) is 27.0 Å². The molecule has 1 aromatic rings.